The molecule has 0 saturated carbocycles. The van der Waals surface area contributed by atoms with Crippen LogP contribution in [0.4, 0.5) is 0 Å². The van der Waals surface area contributed by atoms with Gasteiger partial charge in [0, 0.05) is 12.3 Å². The van der Waals surface area contributed by atoms with Gasteiger partial charge >= 0.3 is 0 Å². The molecule has 3 aromatic rings. The minimum atomic E-state index is -2.04. The fourth-order valence-electron chi connectivity index (χ4n) is 3.71. The number of rotatable bonds is 10. The Hall–Kier alpha value is -1.66. The molecule has 3 aromatic carbocycles. The molecular formula is C25H27Cl2OP. The third-order valence-electron chi connectivity index (χ3n) is 5.09. The molecule has 0 heterocycles. The molecule has 1 nitrogen and oxygen atoms in total. The molecule has 4 heteroatoms. The summed E-state index contributed by atoms with van der Waals surface area (Å²) in [5, 5.41) is 3.80. The van der Waals surface area contributed by atoms with Crippen LogP contribution in [0.15, 0.2) is 91.0 Å². The first kappa shape index (κ1) is 23.6. The normalized spacial score (nSPS) is 10.9. The second-order valence-electron chi connectivity index (χ2n) is 7.01. The van der Waals surface area contributed by atoms with Crippen LogP contribution in [-0.4, -0.2) is 17.8 Å². The lowest BCUT2D eigenvalue weighted by atomic mass is 10.1. The first-order valence-electron chi connectivity index (χ1n) is 9.90. The van der Waals surface area contributed by atoms with E-state index in [4.69, 9.17) is 11.6 Å². The Balaban J connectivity index is 0.00000300. The first-order chi connectivity index (χ1) is 13.8. The Morgan fingerprint density at radius 3 is 1.45 bits per heavy atom. The number of benzene rings is 3. The number of ketones is 1. The molecule has 0 aliphatic rings. The minimum absolute atomic E-state index is 0. The molecule has 0 saturated heterocycles. The Labute approximate surface area is 186 Å². The van der Waals surface area contributed by atoms with Crippen LogP contribution in [0.1, 0.15) is 25.7 Å². The molecule has 0 unspecified atom stereocenters. The van der Waals surface area contributed by atoms with Gasteiger partial charge in [0.25, 0.3) is 0 Å². The van der Waals surface area contributed by atoms with Crippen molar-refractivity contribution in [3.05, 3.63) is 91.0 Å². The Bertz CT molecular complexity index is 757. The Kier molecular flexibility index (Phi) is 9.88. The molecule has 3 rings (SSSR count). The van der Waals surface area contributed by atoms with Crippen molar-refractivity contribution in [1.29, 1.82) is 0 Å². The first-order valence-corrected chi connectivity index (χ1v) is 12.4. The zero-order valence-electron chi connectivity index (χ0n) is 16.5. The predicted molar refractivity (Wildman–Crippen MR) is 124 cm³/mol. The summed E-state index contributed by atoms with van der Waals surface area (Å²) < 4.78 is 0. The van der Waals surface area contributed by atoms with Crippen LogP contribution in [0.2, 0.25) is 0 Å². The highest BCUT2D eigenvalue weighted by atomic mass is 35.5. The van der Waals surface area contributed by atoms with Crippen molar-refractivity contribution in [2.24, 2.45) is 0 Å². The Morgan fingerprint density at radius 2 is 1.07 bits per heavy atom. The van der Waals surface area contributed by atoms with Gasteiger partial charge in [0.1, 0.15) is 29.3 Å². The number of carbonyl (C=O) groups excluding carboxylic acids is 1. The van der Waals surface area contributed by atoms with E-state index in [-0.39, 0.29) is 12.4 Å². The van der Waals surface area contributed by atoms with Crippen molar-refractivity contribution in [3.63, 3.8) is 0 Å². The van der Waals surface area contributed by atoms with E-state index in [0.717, 1.165) is 19.3 Å². The molecule has 0 spiro atoms. The highest BCUT2D eigenvalue weighted by molar-refractivity contribution is 7.96. The predicted octanol–water partition coefficient (Wildman–Crippen LogP) is 2.35. The van der Waals surface area contributed by atoms with Gasteiger partial charge in [-0.3, -0.25) is 4.79 Å². The highest BCUT2D eigenvalue weighted by Crippen LogP contribution is 2.55. The van der Waals surface area contributed by atoms with E-state index in [9.17, 15) is 4.79 Å². The summed E-state index contributed by atoms with van der Waals surface area (Å²) in [6, 6.07) is 31.8. The number of unbranched alkanes of at least 4 members (excludes halogenated alkanes) is 2. The zero-order valence-corrected chi connectivity index (χ0v) is 18.9. The SMILES string of the molecule is O=C(CCCCCCl)C[P+](c1ccccc1)(c1ccccc1)c1ccccc1.[Cl-]. The average molecular weight is 445 g/mol. The lowest BCUT2D eigenvalue weighted by Crippen LogP contribution is -3.00. The van der Waals surface area contributed by atoms with Crippen LogP contribution < -0.4 is 28.3 Å². The van der Waals surface area contributed by atoms with E-state index in [1.165, 1.54) is 15.9 Å². The standard InChI is InChI=1S/C25H27ClOP.ClH/c26-20-12-4-5-13-22(27)21-28(23-14-6-1-7-15-23,24-16-8-2-9-17-24)25-18-10-3-11-19-25;/h1-3,6-11,14-19H,4-5,12-13,20-21H2;1H/q+1;/p-1. The molecular weight excluding hydrogens is 418 g/mol. The van der Waals surface area contributed by atoms with E-state index >= 15 is 0 Å². The summed E-state index contributed by atoms with van der Waals surface area (Å²) in [7, 11) is -2.04. The minimum Gasteiger partial charge on any atom is -1.00 e. The lowest BCUT2D eigenvalue weighted by molar-refractivity contribution is -0.116. The second-order valence-corrected chi connectivity index (χ2v) is 10.9. The summed E-state index contributed by atoms with van der Waals surface area (Å²) in [5.41, 5.74) is 0. The van der Waals surface area contributed by atoms with Crippen molar-refractivity contribution in [2.75, 3.05) is 12.0 Å². The molecule has 0 atom stereocenters. The van der Waals surface area contributed by atoms with Crippen LogP contribution in [0, 0.1) is 0 Å². The largest absolute Gasteiger partial charge is 1.00 e. The monoisotopic (exact) mass is 444 g/mol. The smallest absolute Gasteiger partial charge is 0.171 e. The zero-order chi connectivity index (χ0) is 19.7. The maximum Gasteiger partial charge on any atom is 0.171 e. The van der Waals surface area contributed by atoms with Gasteiger partial charge in [-0.25, -0.2) is 0 Å². The maximum atomic E-state index is 13.1. The van der Waals surface area contributed by atoms with Crippen LogP contribution in [0.5, 0.6) is 0 Å². The molecule has 0 amide bonds. The lowest BCUT2D eigenvalue weighted by Gasteiger charge is -2.27. The van der Waals surface area contributed by atoms with Crippen LogP contribution >= 0.6 is 18.9 Å². The van der Waals surface area contributed by atoms with Crippen LogP contribution in [0.3, 0.4) is 0 Å². The molecule has 29 heavy (non-hydrogen) atoms. The topological polar surface area (TPSA) is 17.1 Å². The molecule has 0 aromatic heterocycles. The molecule has 0 aliphatic heterocycles. The van der Waals surface area contributed by atoms with Gasteiger partial charge in [-0.1, -0.05) is 61.0 Å². The maximum absolute atomic E-state index is 13.1. The number of alkyl halides is 1. The third-order valence-corrected chi connectivity index (χ3v) is 9.73. The van der Waals surface area contributed by atoms with E-state index in [2.05, 4.69) is 72.8 Å². The number of halogens is 2. The summed E-state index contributed by atoms with van der Waals surface area (Å²) in [5.74, 6) is 1.02. The van der Waals surface area contributed by atoms with E-state index in [1.807, 2.05) is 18.2 Å². The van der Waals surface area contributed by atoms with Gasteiger partial charge in [-0.05, 0) is 49.2 Å². The van der Waals surface area contributed by atoms with E-state index in [1.54, 1.807) is 0 Å². The van der Waals surface area contributed by atoms with Gasteiger partial charge in [-0.15, -0.1) is 11.6 Å². The van der Waals surface area contributed by atoms with Gasteiger partial charge in [-0.2, -0.15) is 0 Å². The number of carbonyl (C=O) groups is 1. The molecule has 0 aliphatic carbocycles. The van der Waals surface area contributed by atoms with Crippen molar-refractivity contribution >= 4 is 40.6 Å². The fourth-order valence-corrected chi connectivity index (χ4v) is 8.07. The van der Waals surface area contributed by atoms with Crippen LogP contribution in [0.25, 0.3) is 0 Å². The summed E-state index contributed by atoms with van der Waals surface area (Å²) in [6.07, 6.45) is 4.12. The number of hydrogen-bond acceptors (Lipinski definition) is 1. The fraction of sp³-hybridized carbons (Fsp3) is 0.240. The van der Waals surface area contributed by atoms with E-state index < -0.39 is 7.26 Å². The Morgan fingerprint density at radius 1 is 0.655 bits per heavy atom. The van der Waals surface area contributed by atoms with Crippen molar-refractivity contribution in [3.8, 4) is 0 Å². The van der Waals surface area contributed by atoms with Gasteiger partial charge in [0.05, 0.1) is 0 Å². The number of Topliss-reactive ketones (excluding diaryl/α,β-unsaturated/α-hetero) is 1. The quantitative estimate of drug-likeness (QED) is 0.266. The van der Waals surface area contributed by atoms with E-state index in [0.29, 0.717) is 24.2 Å². The van der Waals surface area contributed by atoms with Crippen molar-refractivity contribution in [2.45, 2.75) is 25.7 Å². The number of hydrogen-bond donors (Lipinski definition) is 0. The van der Waals surface area contributed by atoms with Gasteiger partial charge in [0.15, 0.2) is 5.78 Å². The van der Waals surface area contributed by atoms with Gasteiger partial charge < -0.3 is 12.4 Å². The summed E-state index contributed by atoms with van der Waals surface area (Å²) in [6.45, 7) is 0. The van der Waals surface area contributed by atoms with Crippen molar-refractivity contribution < 1.29 is 17.2 Å². The molecule has 0 fully saturated rings. The highest BCUT2D eigenvalue weighted by Gasteiger charge is 2.46. The summed E-state index contributed by atoms with van der Waals surface area (Å²) >= 11 is 5.78. The van der Waals surface area contributed by atoms with Crippen LogP contribution in [-0.2, 0) is 4.79 Å². The molecule has 0 radical (unpaired) electrons. The molecule has 152 valence electrons. The second kappa shape index (κ2) is 12.1. The summed E-state index contributed by atoms with van der Waals surface area (Å²) in [4.78, 5) is 13.1. The molecule has 0 bridgehead atoms. The molecule has 0 N–H and O–H groups in total. The van der Waals surface area contributed by atoms with Crippen molar-refractivity contribution in [1.82, 2.24) is 0 Å². The third kappa shape index (κ3) is 5.92. The van der Waals surface area contributed by atoms with Gasteiger partial charge in [0.2, 0.25) is 0 Å². The average Bonchev–Trinajstić information content (AvgIpc) is 2.77.